The van der Waals surface area contributed by atoms with Crippen molar-refractivity contribution in [2.45, 2.75) is 51.6 Å². The SMILES string of the molecule is COC(=O)C1CC(n2nc(C)cc2C(C)C)CCN1. The van der Waals surface area contributed by atoms with Crippen molar-refractivity contribution in [3.05, 3.63) is 17.5 Å². The predicted octanol–water partition coefficient (Wildman–Crippen LogP) is 1.78. The van der Waals surface area contributed by atoms with Crippen LogP contribution in [0.2, 0.25) is 0 Å². The smallest absolute Gasteiger partial charge is 0.322 e. The third-order valence-corrected chi connectivity index (χ3v) is 3.69. The number of hydrogen-bond acceptors (Lipinski definition) is 4. The molecule has 1 N–H and O–H groups in total. The van der Waals surface area contributed by atoms with Crippen LogP contribution in [0.25, 0.3) is 0 Å². The fourth-order valence-electron chi connectivity index (χ4n) is 2.70. The van der Waals surface area contributed by atoms with E-state index in [1.165, 1.54) is 12.8 Å². The molecule has 1 fully saturated rings. The van der Waals surface area contributed by atoms with Crippen LogP contribution in [0.5, 0.6) is 0 Å². The summed E-state index contributed by atoms with van der Waals surface area (Å²) in [5.74, 6) is 0.257. The van der Waals surface area contributed by atoms with Gasteiger partial charge >= 0.3 is 5.97 Å². The van der Waals surface area contributed by atoms with E-state index >= 15 is 0 Å². The minimum Gasteiger partial charge on any atom is -0.468 e. The molecular weight excluding hydrogens is 242 g/mol. The second-order valence-corrected chi connectivity index (χ2v) is 5.52. The molecule has 19 heavy (non-hydrogen) atoms. The summed E-state index contributed by atoms with van der Waals surface area (Å²) in [4.78, 5) is 11.7. The normalized spacial score (nSPS) is 23.6. The zero-order valence-corrected chi connectivity index (χ0v) is 12.1. The lowest BCUT2D eigenvalue weighted by Gasteiger charge is -2.30. The molecule has 2 rings (SSSR count). The van der Waals surface area contributed by atoms with E-state index in [1.807, 2.05) is 6.92 Å². The van der Waals surface area contributed by atoms with Crippen LogP contribution in [0.1, 0.15) is 50.0 Å². The molecule has 0 amide bonds. The van der Waals surface area contributed by atoms with Crippen molar-refractivity contribution < 1.29 is 9.53 Å². The van der Waals surface area contributed by atoms with Crippen molar-refractivity contribution >= 4 is 5.97 Å². The third kappa shape index (κ3) is 2.97. The maximum Gasteiger partial charge on any atom is 0.322 e. The van der Waals surface area contributed by atoms with Gasteiger partial charge in [-0.25, -0.2) is 0 Å². The first-order valence-corrected chi connectivity index (χ1v) is 6.90. The Morgan fingerprint density at radius 3 is 2.95 bits per heavy atom. The van der Waals surface area contributed by atoms with Gasteiger partial charge in [-0.2, -0.15) is 5.10 Å². The number of nitrogens with one attached hydrogen (secondary N) is 1. The Balaban J connectivity index is 2.19. The Kier molecular flexibility index (Phi) is 4.24. The average Bonchev–Trinajstić information content (AvgIpc) is 2.80. The summed E-state index contributed by atoms with van der Waals surface area (Å²) in [6.07, 6.45) is 1.74. The molecule has 0 spiro atoms. The number of ether oxygens (including phenoxy) is 1. The number of rotatable bonds is 3. The highest BCUT2D eigenvalue weighted by Gasteiger charge is 2.30. The molecule has 1 aliphatic rings. The van der Waals surface area contributed by atoms with Crippen LogP contribution < -0.4 is 5.32 Å². The van der Waals surface area contributed by atoms with Crippen molar-refractivity contribution in [3.8, 4) is 0 Å². The Morgan fingerprint density at radius 2 is 2.32 bits per heavy atom. The molecular formula is C14H23N3O2. The van der Waals surface area contributed by atoms with Gasteiger partial charge in [-0.1, -0.05) is 13.8 Å². The van der Waals surface area contributed by atoms with Gasteiger partial charge in [-0.15, -0.1) is 0 Å². The van der Waals surface area contributed by atoms with Gasteiger partial charge in [0.05, 0.1) is 18.8 Å². The molecule has 1 aromatic heterocycles. The zero-order chi connectivity index (χ0) is 14.0. The van der Waals surface area contributed by atoms with Crippen molar-refractivity contribution in [2.75, 3.05) is 13.7 Å². The minimum atomic E-state index is -0.215. The maximum absolute atomic E-state index is 11.7. The van der Waals surface area contributed by atoms with E-state index in [0.29, 0.717) is 5.92 Å². The van der Waals surface area contributed by atoms with E-state index < -0.39 is 0 Å². The van der Waals surface area contributed by atoms with Gasteiger partial charge in [0.1, 0.15) is 6.04 Å². The van der Waals surface area contributed by atoms with E-state index in [4.69, 9.17) is 4.74 Å². The van der Waals surface area contributed by atoms with Crippen LogP contribution in [0.15, 0.2) is 6.07 Å². The molecule has 0 aromatic carbocycles. The van der Waals surface area contributed by atoms with Gasteiger partial charge in [0.15, 0.2) is 0 Å². The quantitative estimate of drug-likeness (QED) is 0.846. The number of aromatic nitrogens is 2. The lowest BCUT2D eigenvalue weighted by Crippen LogP contribution is -2.45. The molecule has 0 radical (unpaired) electrons. The molecule has 2 atom stereocenters. The predicted molar refractivity (Wildman–Crippen MR) is 73.1 cm³/mol. The van der Waals surface area contributed by atoms with Gasteiger partial charge in [0, 0.05) is 5.69 Å². The van der Waals surface area contributed by atoms with E-state index in [-0.39, 0.29) is 18.1 Å². The van der Waals surface area contributed by atoms with Gasteiger partial charge in [0.25, 0.3) is 0 Å². The van der Waals surface area contributed by atoms with Crippen LogP contribution in [-0.2, 0) is 9.53 Å². The Morgan fingerprint density at radius 1 is 1.58 bits per heavy atom. The fourth-order valence-corrected chi connectivity index (χ4v) is 2.70. The minimum absolute atomic E-state index is 0.181. The van der Waals surface area contributed by atoms with E-state index in [0.717, 1.165) is 25.1 Å². The molecule has 0 aliphatic carbocycles. The summed E-state index contributed by atoms with van der Waals surface area (Å²) in [5.41, 5.74) is 2.28. The number of nitrogens with zero attached hydrogens (tertiary/aromatic N) is 2. The van der Waals surface area contributed by atoms with Crippen molar-refractivity contribution in [1.82, 2.24) is 15.1 Å². The molecule has 2 heterocycles. The summed E-state index contributed by atoms with van der Waals surface area (Å²) >= 11 is 0. The summed E-state index contributed by atoms with van der Waals surface area (Å²) in [6, 6.07) is 2.20. The molecule has 5 heteroatoms. The summed E-state index contributed by atoms with van der Waals surface area (Å²) < 4.78 is 6.93. The van der Waals surface area contributed by atoms with Crippen LogP contribution in [0.4, 0.5) is 0 Å². The molecule has 5 nitrogen and oxygen atoms in total. The summed E-state index contributed by atoms with van der Waals surface area (Å²) in [5, 5.41) is 7.82. The standard InChI is InChI=1S/C14H23N3O2/c1-9(2)13-7-10(3)16-17(13)11-5-6-15-12(8-11)14(18)19-4/h7,9,11-12,15H,5-6,8H2,1-4H3. The second kappa shape index (κ2) is 5.74. The maximum atomic E-state index is 11.7. The molecule has 0 saturated carbocycles. The largest absolute Gasteiger partial charge is 0.468 e. The highest BCUT2D eigenvalue weighted by atomic mass is 16.5. The number of piperidine rings is 1. The number of aryl methyl sites for hydroxylation is 1. The number of esters is 1. The first-order chi connectivity index (χ1) is 9.02. The van der Waals surface area contributed by atoms with Crippen molar-refractivity contribution in [2.24, 2.45) is 0 Å². The highest BCUT2D eigenvalue weighted by molar-refractivity contribution is 5.75. The molecule has 1 aliphatic heterocycles. The Labute approximate surface area is 114 Å². The van der Waals surface area contributed by atoms with Crippen LogP contribution in [0, 0.1) is 6.92 Å². The number of carbonyl (C=O) groups is 1. The third-order valence-electron chi connectivity index (χ3n) is 3.69. The highest BCUT2D eigenvalue weighted by Crippen LogP contribution is 2.27. The molecule has 1 aromatic rings. The summed E-state index contributed by atoms with van der Waals surface area (Å²) in [6.45, 7) is 7.18. The summed E-state index contributed by atoms with van der Waals surface area (Å²) in [7, 11) is 1.44. The first-order valence-electron chi connectivity index (χ1n) is 6.90. The average molecular weight is 265 g/mol. The molecule has 0 bridgehead atoms. The monoisotopic (exact) mass is 265 g/mol. The van der Waals surface area contributed by atoms with Gasteiger partial charge in [-0.3, -0.25) is 9.48 Å². The van der Waals surface area contributed by atoms with Gasteiger partial charge in [-0.05, 0) is 38.3 Å². The second-order valence-electron chi connectivity index (χ2n) is 5.52. The van der Waals surface area contributed by atoms with Crippen LogP contribution in [0.3, 0.4) is 0 Å². The van der Waals surface area contributed by atoms with Crippen LogP contribution in [-0.4, -0.2) is 35.4 Å². The topological polar surface area (TPSA) is 56.2 Å². The molecule has 1 saturated heterocycles. The van der Waals surface area contributed by atoms with Crippen molar-refractivity contribution in [1.29, 1.82) is 0 Å². The van der Waals surface area contributed by atoms with Gasteiger partial charge < -0.3 is 10.1 Å². The van der Waals surface area contributed by atoms with E-state index in [9.17, 15) is 4.79 Å². The lowest BCUT2D eigenvalue weighted by molar-refractivity contribution is -0.144. The number of carbonyl (C=O) groups excluding carboxylic acids is 1. The van der Waals surface area contributed by atoms with Crippen LogP contribution >= 0.6 is 0 Å². The first kappa shape index (κ1) is 14.1. The zero-order valence-electron chi connectivity index (χ0n) is 12.1. The molecule has 2 unspecified atom stereocenters. The van der Waals surface area contributed by atoms with E-state index in [1.54, 1.807) is 0 Å². The Bertz CT molecular complexity index is 454. The number of hydrogen-bond donors (Lipinski definition) is 1. The molecule has 106 valence electrons. The fraction of sp³-hybridized carbons (Fsp3) is 0.714. The van der Waals surface area contributed by atoms with Crippen molar-refractivity contribution in [3.63, 3.8) is 0 Å². The van der Waals surface area contributed by atoms with E-state index in [2.05, 4.69) is 35.0 Å². The lowest BCUT2D eigenvalue weighted by atomic mass is 9.98. The number of methoxy groups -OCH3 is 1. The van der Waals surface area contributed by atoms with Gasteiger partial charge in [0.2, 0.25) is 0 Å². The Hall–Kier alpha value is -1.36.